The minimum atomic E-state index is -0.671. The predicted octanol–water partition coefficient (Wildman–Crippen LogP) is 9.39. The zero-order valence-corrected chi connectivity index (χ0v) is 22.1. The highest BCUT2D eigenvalue weighted by Gasteiger charge is 2.02. The second kappa shape index (κ2) is 27.2. The van der Waals surface area contributed by atoms with Crippen molar-refractivity contribution in [3.05, 3.63) is 0 Å². The van der Waals surface area contributed by atoms with Crippen LogP contribution in [0.1, 0.15) is 167 Å². The van der Waals surface area contributed by atoms with Gasteiger partial charge in [-0.1, -0.05) is 135 Å². The molecule has 0 aromatic rings. The van der Waals surface area contributed by atoms with Gasteiger partial charge in [0.1, 0.15) is 0 Å². The van der Waals surface area contributed by atoms with Gasteiger partial charge in [-0.25, -0.2) is 0 Å². The maximum atomic E-state index is 11.8. The van der Waals surface area contributed by atoms with Gasteiger partial charge in [0.15, 0.2) is 0 Å². The lowest BCUT2D eigenvalue weighted by molar-refractivity contribution is -0.144. The van der Waals surface area contributed by atoms with Crippen molar-refractivity contribution in [2.24, 2.45) is 0 Å². The minimum Gasteiger partial charge on any atom is -0.481 e. The van der Waals surface area contributed by atoms with E-state index in [0.29, 0.717) is 19.4 Å². The van der Waals surface area contributed by atoms with Crippen molar-refractivity contribution >= 4 is 11.9 Å². The Hall–Kier alpha value is -1.06. The van der Waals surface area contributed by atoms with Crippen LogP contribution in [0.3, 0.4) is 0 Å². The minimum absolute atomic E-state index is 0.00329. The third-order valence-electron chi connectivity index (χ3n) is 6.53. The summed E-state index contributed by atoms with van der Waals surface area (Å²) in [4.78, 5) is 22.2. The average Bonchev–Trinajstić information content (AvgIpc) is 2.79. The summed E-state index contributed by atoms with van der Waals surface area (Å²) in [6.45, 7) is 2.86. The van der Waals surface area contributed by atoms with Crippen molar-refractivity contribution in [2.75, 3.05) is 6.61 Å². The molecule has 33 heavy (non-hydrogen) atoms. The van der Waals surface area contributed by atoms with Crippen molar-refractivity contribution in [1.29, 1.82) is 0 Å². The smallest absolute Gasteiger partial charge is 0.305 e. The fourth-order valence-electron chi connectivity index (χ4n) is 4.34. The molecule has 0 fully saturated rings. The Balaban J connectivity index is 3.15. The van der Waals surface area contributed by atoms with E-state index in [0.717, 1.165) is 32.1 Å². The number of carboxylic acids is 1. The van der Waals surface area contributed by atoms with Crippen LogP contribution in [-0.2, 0) is 14.3 Å². The molecule has 0 spiro atoms. The molecule has 0 saturated heterocycles. The molecular weight excluding hydrogens is 412 g/mol. The molecular formula is C29H56O4. The molecule has 4 heteroatoms. The van der Waals surface area contributed by atoms with Crippen LogP contribution in [0.2, 0.25) is 0 Å². The lowest BCUT2D eigenvalue weighted by Gasteiger charge is -2.06. The molecule has 1 N–H and O–H groups in total. The Labute approximate surface area is 205 Å². The molecule has 0 aromatic carbocycles. The summed E-state index contributed by atoms with van der Waals surface area (Å²) >= 11 is 0. The van der Waals surface area contributed by atoms with Crippen LogP contribution in [0.25, 0.3) is 0 Å². The summed E-state index contributed by atoms with van der Waals surface area (Å²) in [5.41, 5.74) is 0. The SMILES string of the molecule is CCCCCCCCCCCCC(=O)OCCCCCCCCCCCCCCCC(=O)O. The summed E-state index contributed by atoms with van der Waals surface area (Å²) in [7, 11) is 0. The van der Waals surface area contributed by atoms with Gasteiger partial charge in [-0.3, -0.25) is 9.59 Å². The van der Waals surface area contributed by atoms with Gasteiger partial charge in [0.2, 0.25) is 0 Å². The first-order chi connectivity index (χ1) is 16.2. The number of rotatable bonds is 27. The quantitative estimate of drug-likeness (QED) is 0.0963. The Morgan fingerprint density at radius 1 is 0.485 bits per heavy atom. The van der Waals surface area contributed by atoms with E-state index in [1.807, 2.05) is 0 Å². The number of unbranched alkanes of at least 4 members (excludes halogenated alkanes) is 21. The van der Waals surface area contributed by atoms with Crippen molar-refractivity contribution in [1.82, 2.24) is 0 Å². The van der Waals surface area contributed by atoms with Crippen LogP contribution < -0.4 is 0 Å². The molecule has 0 amide bonds. The summed E-state index contributed by atoms with van der Waals surface area (Å²) in [5.74, 6) is -0.674. The van der Waals surface area contributed by atoms with E-state index in [1.54, 1.807) is 0 Å². The molecule has 0 aliphatic heterocycles. The van der Waals surface area contributed by atoms with Gasteiger partial charge < -0.3 is 9.84 Å². The molecule has 0 unspecified atom stereocenters. The number of esters is 1. The van der Waals surface area contributed by atoms with Crippen molar-refractivity contribution in [3.63, 3.8) is 0 Å². The van der Waals surface area contributed by atoms with Gasteiger partial charge in [-0.05, 0) is 19.3 Å². The lowest BCUT2D eigenvalue weighted by Crippen LogP contribution is -2.05. The molecule has 0 heterocycles. The van der Waals surface area contributed by atoms with Crippen LogP contribution in [-0.4, -0.2) is 23.7 Å². The van der Waals surface area contributed by atoms with Gasteiger partial charge in [0, 0.05) is 12.8 Å². The Kier molecular flexibility index (Phi) is 26.3. The van der Waals surface area contributed by atoms with Crippen molar-refractivity contribution in [3.8, 4) is 0 Å². The molecule has 0 aliphatic rings. The van der Waals surface area contributed by atoms with E-state index in [9.17, 15) is 9.59 Å². The zero-order valence-electron chi connectivity index (χ0n) is 22.1. The first kappa shape index (κ1) is 31.9. The number of carbonyl (C=O) groups excluding carboxylic acids is 1. The van der Waals surface area contributed by atoms with E-state index < -0.39 is 5.97 Å². The van der Waals surface area contributed by atoms with E-state index in [2.05, 4.69) is 6.92 Å². The van der Waals surface area contributed by atoms with Gasteiger partial charge in [0.05, 0.1) is 6.61 Å². The molecule has 0 saturated carbocycles. The van der Waals surface area contributed by atoms with Crippen LogP contribution in [0.15, 0.2) is 0 Å². The average molecular weight is 469 g/mol. The highest BCUT2D eigenvalue weighted by atomic mass is 16.5. The summed E-state index contributed by atoms with van der Waals surface area (Å²) < 4.78 is 5.38. The van der Waals surface area contributed by atoms with Gasteiger partial charge in [-0.2, -0.15) is 0 Å². The number of hydrogen-bond donors (Lipinski definition) is 1. The third-order valence-corrected chi connectivity index (χ3v) is 6.53. The summed E-state index contributed by atoms with van der Waals surface area (Å²) in [6.07, 6.45) is 29.4. The molecule has 4 nitrogen and oxygen atoms in total. The lowest BCUT2D eigenvalue weighted by atomic mass is 10.0. The van der Waals surface area contributed by atoms with Gasteiger partial charge >= 0.3 is 11.9 Å². The van der Waals surface area contributed by atoms with Crippen molar-refractivity contribution < 1.29 is 19.4 Å². The monoisotopic (exact) mass is 468 g/mol. The summed E-state index contributed by atoms with van der Waals surface area (Å²) in [6, 6.07) is 0. The number of ether oxygens (including phenoxy) is 1. The van der Waals surface area contributed by atoms with Crippen LogP contribution in [0.5, 0.6) is 0 Å². The highest BCUT2D eigenvalue weighted by molar-refractivity contribution is 5.69. The number of hydrogen-bond acceptors (Lipinski definition) is 3. The molecule has 0 atom stereocenters. The Bertz CT molecular complexity index is 422. The predicted molar refractivity (Wildman–Crippen MR) is 140 cm³/mol. The normalized spacial score (nSPS) is 11.1. The molecule has 0 rings (SSSR count). The maximum absolute atomic E-state index is 11.8. The van der Waals surface area contributed by atoms with Gasteiger partial charge in [-0.15, -0.1) is 0 Å². The number of carboxylic acid groups (broad SMARTS) is 1. The maximum Gasteiger partial charge on any atom is 0.305 e. The fourth-order valence-corrected chi connectivity index (χ4v) is 4.34. The molecule has 196 valence electrons. The largest absolute Gasteiger partial charge is 0.481 e. The zero-order chi connectivity index (χ0) is 24.2. The third kappa shape index (κ3) is 28.9. The van der Waals surface area contributed by atoms with Gasteiger partial charge in [0.25, 0.3) is 0 Å². The van der Waals surface area contributed by atoms with E-state index in [1.165, 1.54) is 116 Å². The highest BCUT2D eigenvalue weighted by Crippen LogP contribution is 2.14. The molecule has 0 radical (unpaired) electrons. The standard InChI is InChI=1S/C29H56O4/c1-2-3-4-5-6-7-14-17-20-23-26-29(32)33-27-24-21-18-15-12-10-8-9-11-13-16-19-22-25-28(30)31/h2-27H2,1H3,(H,30,31). The Morgan fingerprint density at radius 3 is 1.21 bits per heavy atom. The number of aliphatic carboxylic acids is 1. The number of carbonyl (C=O) groups is 2. The summed E-state index contributed by atoms with van der Waals surface area (Å²) in [5, 5.41) is 8.60. The van der Waals surface area contributed by atoms with E-state index in [-0.39, 0.29) is 5.97 Å². The van der Waals surface area contributed by atoms with Crippen LogP contribution in [0, 0.1) is 0 Å². The van der Waals surface area contributed by atoms with E-state index >= 15 is 0 Å². The molecule has 0 aromatic heterocycles. The van der Waals surface area contributed by atoms with Crippen LogP contribution >= 0.6 is 0 Å². The fraction of sp³-hybridized carbons (Fsp3) is 0.931. The van der Waals surface area contributed by atoms with Crippen LogP contribution in [0.4, 0.5) is 0 Å². The first-order valence-corrected chi connectivity index (χ1v) is 14.5. The Morgan fingerprint density at radius 2 is 0.818 bits per heavy atom. The van der Waals surface area contributed by atoms with E-state index in [4.69, 9.17) is 9.84 Å². The second-order valence-corrected chi connectivity index (χ2v) is 9.89. The topological polar surface area (TPSA) is 63.6 Å². The molecule has 0 bridgehead atoms. The first-order valence-electron chi connectivity index (χ1n) is 14.5. The second-order valence-electron chi connectivity index (χ2n) is 9.89. The molecule has 0 aliphatic carbocycles. The van der Waals surface area contributed by atoms with Crippen molar-refractivity contribution in [2.45, 2.75) is 167 Å².